The van der Waals surface area contributed by atoms with Crippen molar-refractivity contribution in [1.82, 2.24) is 9.88 Å². The van der Waals surface area contributed by atoms with E-state index >= 15 is 0 Å². The number of piperidine rings is 1. The first-order valence-corrected chi connectivity index (χ1v) is 10.3. The monoisotopic (exact) mass is 402 g/mol. The Bertz CT molecular complexity index is 860. The lowest BCUT2D eigenvalue weighted by molar-refractivity contribution is -0.142. The van der Waals surface area contributed by atoms with Gasteiger partial charge in [-0.1, -0.05) is 12.1 Å². The van der Waals surface area contributed by atoms with Crippen LogP contribution >= 0.6 is 11.3 Å². The third-order valence-electron chi connectivity index (χ3n) is 4.95. The summed E-state index contributed by atoms with van der Waals surface area (Å²) in [5.41, 5.74) is 0.367. The molecule has 3 heterocycles. The van der Waals surface area contributed by atoms with Crippen molar-refractivity contribution in [2.24, 2.45) is 0 Å². The summed E-state index contributed by atoms with van der Waals surface area (Å²) in [7, 11) is 0. The van der Waals surface area contributed by atoms with Gasteiger partial charge in [0.25, 0.3) is 5.91 Å². The van der Waals surface area contributed by atoms with Crippen LogP contribution in [0.1, 0.15) is 41.2 Å². The Balaban J connectivity index is 1.33. The summed E-state index contributed by atoms with van der Waals surface area (Å²) in [5.74, 6) is 1.11. The van der Waals surface area contributed by atoms with Gasteiger partial charge in [-0.3, -0.25) is 4.79 Å². The van der Waals surface area contributed by atoms with E-state index in [1.54, 1.807) is 12.3 Å². The Kier molecular flexibility index (Phi) is 5.47. The van der Waals surface area contributed by atoms with E-state index in [2.05, 4.69) is 4.98 Å². The molecular formula is C20H22N2O5S. The molecule has 1 atom stereocenters. The highest BCUT2D eigenvalue weighted by Crippen LogP contribution is 2.33. The van der Waals surface area contributed by atoms with Crippen LogP contribution in [-0.2, 0) is 9.53 Å². The molecule has 4 rings (SSSR count). The molecule has 1 aromatic carbocycles. The molecule has 28 heavy (non-hydrogen) atoms. The first kappa shape index (κ1) is 18.7. The molecule has 1 saturated heterocycles. The van der Waals surface area contributed by atoms with Crippen molar-refractivity contribution in [3.8, 4) is 11.5 Å². The van der Waals surface area contributed by atoms with Crippen molar-refractivity contribution in [2.75, 3.05) is 26.3 Å². The average Bonchev–Trinajstić information content (AvgIpc) is 3.24. The van der Waals surface area contributed by atoms with E-state index in [-0.39, 0.29) is 24.4 Å². The van der Waals surface area contributed by atoms with Crippen molar-refractivity contribution in [3.63, 3.8) is 0 Å². The molecule has 0 aliphatic carbocycles. The number of esters is 1. The van der Waals surface area contributed by atoms with E-state index in [1.165, 1.54) is 11.3 Å². The second kappa shape index (κ2) is 8.18. The molecule has 7 nitrogen and oxygen atoms in total. The van der Waals surface area contributed by atoms with E-state index in [0.717, 1.165) is 17.8 Å². The van der Waals surface area contributed by atoms with Gasteiger partial charge >= 0.3 is 5.97 Å². The van der Waals surface area contributed by atoms with E-state index in [0.29, 0.717) is 36.9 Å². The van der Waals surface area contributed by atoms with Gasteiger partial charge in [-0.25, -0.2) is 9.78 Å². The van der Waals surface area contributed by atoms with Crippen LogP contribution < -0.4 is 9.47 Å². The van der Waals surface area contributed by atoms with Crippen molar-refractivity contribution in [1.29, 1.82) is 0 Å². The SMILES string of the molecule is CCOC(=O)c1csc(C2CCN(C(=O)C3COc4ccccc4O3)CC2)n1. The number of amides is 1. The van der Waals surface area contributed by atoms with Crippen molar-refractivity contribution >= 4 is 23.2 Å². The Hall–Kier alpha value is -2.61. The third kappa shape index (κ3) is 3.82. The average molecular weight is 402 g/mol. The van der Waals surface area contributed by atoms with Gasteiger partial charge < -0.3 is 19.1 Å². The van der Waals surface area contributed by atoms with Gasteiger partial charge in [-0.05, 0) is 31.9 Å². The molecule has 0 saturated carbocycles. The number of fused-ring (bicyclic) bond motifs is 1. The number of thiazole rings is 1. The standard InChI is InChI=1S/C20H22N2O5S/c1-2-25-20(24)14-12-28-18(21-14)13-7-9-22(10-8-13)19(23)17-11-26-15-5-3-4-6-16(15)27-17/h3-6,12-13,17H,2,7-11H2,1H3. The van der Waals surface area contributed by atoms with Gasteiger partial charge in [0.2, 0.25) is 6.10 Å². The first-order valence-electron chi connectivity index (χ1n) is 9.45. The van der Waals surface area contributed by atoms with Gasteiger partial charge in [0.1, 0.15) is 6.61 Å². The fraction of sp³-hybridized carbons (Fsp3) is 0.450. The molecule has 1 amide bonds. The highest BCUT2D eigenvalue weighted by molar-refractivity contribution is 7.09. The normalized spacial score (nSPS) is 19.3. The maximum Gasteiger partial charge on any atom is 0.357 e. The van der Waals surface area contributed by atoms with Gasteiger partial charge in [0.15, 0.2) is 17.2 Å². The van der Waals surface area contributed by atoms with Gasteiger partial charge in [-0.2, -0.15) is 0 Å². The number of benzene rings is 1. The summed E-state index contributed by atoms with van der Waals surface area (Å²) >= 11 is 1.48. The fourth-order valence-electron chi connectivity index (χ4n) is 3.47. The number of para-hydroxylation sites is 2. The predicted octanol–water partition coefficient (Wildman–Crippen LogP) is 2.87. The van der Waals surface area contributed by atoms with Crippen LogP contribution in [0.4, 0.5) is 0 Å². The molecule has 1 fully saturated rings. The number of aromatic nitrogens is 1. The number of nitrogens with zero attached hydrogens (tertiary/aromatic N) is 2. The molecule has 8 heteroatoms. The molecule has 148 valence electrons. The lowest BCUT2D eigenvalue weighted by Crippen LogP contribution is -2.48. The summed E-state index contributed by atoms with van der Waals surface area (Å²) in [6, 6.07) is 7.38. The van der Waals surface area contributed by atoms with Crippen LogP contribution in [0.15, 0.2) is 29.6 Å². The summed E-state index contributed by atoms with van der Waals surface area (Å²) in [5, 5.41) is 2.68. The van der Waals surface area contributed by atoms with Crippen LogP contribution in [0.2, 0.25) is 0 Å². The maximum absolute atomic E-state index is 12.8. The summed E-state index contributed by atoms with van der Waals surface area (Å²) in [4.78, 5) is 30.9. The molecule has 2 aromatic rings. The molecular weight excluding hydrogens is 380 g/mol. The van der Waals surface area contributed by atoms with E-state index < -0.39 is 6.10 Å². The van der Waals surface area contributed by atoms with Crippen molar-refractivity contribution < 1.29 is 23.8 Å². The van der Waals surface area contributed by atoms with E-state index in [1.807, 2.05) is 29.2 Å². The molecule has 1 unspecified atom stereocenters. The number of ether oxygens (including phenoxy) is 3. The van der Waals surface area contributed by atoms with E-state index in [4.69, 9.17) is 14.2 Å². The minimum Gasteiger partial charge on any atom is -0.485 e. The maximum atomic E-state index is 12.8. The quantitative estimate of drug-likeness (QED) is 0.732. The van der Waals surface area contributed by atoms with Crippen LogP contribution in [0.5, 0.6) is 11.5 Å². The smallest absolute Gasteiger partial charge is 0.357 e. The van der Waals surface area contributed by atoms with Crippen molar-refractivity contribution in [3.05, 3.63) is 40.3 Å². The number of rotatable bonds is 4. The number of carbonyl (C=O) groups excluding carboxylic acids is 2. The highest BCUT2D eigenvalue weighted by atomic mass is 32.1. The lowest BCUT2D eigenvalue weighted by Gasteiger charge is -2.34. The number of hydrogen-bond acceptors (Lipinski definition) is 7. The third-order valence-corrected chi connectivity index (χ3v) is 5.95. The largest absolute Gasteiger partial charge is 0.485 e. The predicted molar refractivity (Wildman–Crippen MR) is 103 cm³/mol. The van der Waals surface area contributed by atoms with Crippen LogP contribution in [0.25, 0.3) is 0 Å². The zero-order chi connectivity index (χ0) is 19.5. The van der Waals surface area contributed by atoms with E-state index in [9.17, 15) is 9.59 Å². The molecule has 2 aliphatic heterocycles. The molecule has 0 radical (unpaired) electrons. The van der Waals surface area contributed by atoms with Gasteiger partial charge in [0, 0.05) is 24.4 Å². The molecule has 1 aromatic heterocycles. The van der Waals surface area contributed by atoms with Crippen LogP contribution in [0, 0.1) is 0 Å². The number of hydrogen-bond donors (Lipinski definition) is 0. The topological polar surface area (TPSA) is 78.0 Å². The summed E-state index contributed by atoms with van der Waals surface area (Å²) < 4.78 is 16.5. The minimum absolute atomic E-state index is 0.0423. The molecule has 2 aliphatic rings. The Morgan fingerprint density at radius 1 is 1.25 bits per heavy atom. The van der Waals surface area contributed by atoms with Gasteiger partial charge in [-0.15, -0.1) is 11.3 Å². The lowest BCUT2D eigenvalue weighted by atomic mass is 9.97. The zero-order valence-electron chi connectivity index (χ0n) is 15.6. The van der Waals surface area contributed by atoms with Crippen LogP contribution in [0.3, 0.4) is 0 Å². The first-order chi connectivity index (χ1) is 13.7. The summed E-state index contributed by atoms with van der Waals surface area (Å²) in [6.45, 7) is 3.62. The molecule has 0 N–H and O–H groups in total. The Morgan fingerprint density at radius 3 is 2.75 bits per heavy atom. The van der Waals surface area contributed by atoms with Gasteiger partial charge in [0.05, 0.1) is 11.6 Å². The Labute approximate surface area is 167 Å². The highest BCUT2D eigenvalue weighted by Gasteiger charge is 2.34. The number of likely N-dealkylation sites (tertiary alicyclic amines) is 1. The number of carbonyl (C=O) groups is 2. The van der Waals surface area contributed by atoms with Crippen LogP contribution in [-0.4, -0.2) is 54.2 Å². The second-order valence-electron chi connectivity index (χ2n) is 6.76. The van der Waals surface area contributed by atoms with Crippen molar-refractivity contribution in [2.45, 2.75) is 31.8 Å². The second-order valence-corrected chi connectivity index (χ2v) is 7.64. The minimum atomic E-state index is -0.610. The Morgan fingerprint density at radius 2 is 2.00 bits per heavy atom. The summed E-state index contributed by atoms with van der Waals surface area (Å²) in [6.07, 6.45) is 1.01. The zero-order valence-corrected chi connectivity index (χ0v) is 16.4. The molecule has 0 spiro atoms. The fourth-order valence-corrected chi connectivity index (χ4v) is 4.43. The molecule has 0 bridgehead atoms.